The Labute approximate surface area is 111 Å². The van der Waals surface area contributed by atoms with E-state index in [2.05, 4.69) is 5.43 Å². The summed E-state index contributed by atoms with van der Waals surface area (Å²) >= 11 is 0. The quantitative estimate of drug-likeness (QED) is 0.465. The molecule has 0 bridgehead atoms. The molecule has 0 heterocycles. The standard InChI is InChI=1S/C11H16N2O4.ClH/c1-11(13-12,10(15)16)6-7-3-4-9(17-2)8(14)5-7;/h3-5,13-14H,6,12H2,1-2H3,(H,15,16);1H. The van der Waals surface area contributed by atoms with E-state index in [4.69, 9.17) is 15.7 Å². The molecule has 1 unspecified atom stereocenters. The molecular weight excluding hydrogens is 260 g/mol. The zero-order valence-electron chi connectivity index (χ0n) is 10.1. The molecule has 5 N–H and O–H groups in total. The highest BCUT2D eigenvalue weighted by Crippen LogP contribution is 2.27. The third-order valence-corrected chi connectivity index (χ3v) is 2.59. The Hall–Kier alpha value is -1.50. The van der Waals surface area contributed by atoms with Gasteiger partial charge in [0.05, 0.1) is 7.11 Å². The van der Waals surface area contributed by atoms with E-state index in [9.17, 15) is 9.90 Å². The first kappa shape index (κ1) is 16.5. The van der Waals surface area contributed by atoms with Crippen LogP contribution < -0.4 is 16.0 Å². The third-order valence-electron chi connectivity index (χ3n) is 2.59. The monoisotopic (exact) mass is 276 g/mol. The summed E-state index contributed by atoms with van der Waals surface area (Å²) in [5.41, 5.74) is 1.63. The second-order valence-corrected chi connectivity index (χ2v) is 3.96. The van der Waals surface area contributed by atoms with Gasteiger partial charge in [0.2, 0.25) is 0 Å². The minimum Gasteiger partial charge on any atom is -0.504 e. The molecule has 1 aromatic carbocycles. The molecule has 1 rings (SSSR count). The van der Waals surface area contributed by atoms with Crippen LogP contribution in [-0.2, 0) is 11.2 Å². The normalized spacial score (nSPS) is 13.3. The van der Waals surface area contributed by atoms with E-state index in [0.717, 1.165) is 0 Å². The number of methoxy groups -OCH3 is 1. The average molecular weight is 277 g/mol. The highest BCUT2D eigenvalue weighted by atomic mass is 35.5. The fourth-order valence-corrected chi connectivity index (χ4v) is 1.44. The van der Waals surface area contributed by atoms with Crippen molar-refractivity contribution in [2.24, 2.45) is 5.84 Å². The lowest BCUT2D eigenvalue weighted by Gasteiger charge is -2.23. The maximum atomic E-state index is 11.0. The highest BCUT2D eigenvalue weighted by Gasteiger charge is 2.32. The van der Waals surface area contributed by atoms with Gasteiger partial charge in [-0.15, -0.1) is 12.4 Å². The molecule has 18 heavy (non-hydrogen) atoms. The number of aromatic hydroxyl groups is 1. The largest absolute Gasteiger partial charge is 0.504 e. The molecule has 0 aliphatic rings. The van der Waals surface area contributed by atoms with Crippen LogP contribution in [0.15, 0.2) is 18.2 Å². The smallest absolute Gasteiger partial charge is 0.325 e. The number of hydrogen-bond donors (Lipinski definition) is 4. The molecule has 0 radical (unpaired) electrons. The fourth-order valence-electron chi connectivity index (χ4n) is 1.44. The molecule has 0 aromatic heterocycles. The van der Waals surface area contributed by atoms with Crippen molar-refractivity contribution >= 4 is 18.4 Å². The minimum atomic E-state index is -1.28. The minimum absolute atomic E-state index is 0. The van der Waals surface area contributed by atoms with Gasteiger partial charge in [-0.05, 0) is 24.6 Å². The molecular formula is C11H17ClN2O4. The van der Waals surface area contributed by atoms with Crippen LogP contribution in [-0.4, -0.2) is 28.8 Å². The lowest BCUT2D eigenvalue weighted by molar-refractivity contribution is -0.144. The molecule has 7 heteroatoms. The van der Waals surface area contributed by atoms with E-state index < -0.39 is 11.5 Å². The van der Waals surface area contributed by atoms with E-state index in [1.165, 1.54) is 20.1 Å². The second kappa shape index (κ2) is 6.44. The number of halogens is 1. The summed E-state index contributed by atoms with van der Waals surface area (Å²) < 4.78 is 4.90. The van der Waals surface area contributed by atoms with Gasteiger partial charge in [-0.2, -0.15) is 0 Å². The van der Waals surface area contributed by atoms with Crippen molar-refractivity contribution in [1.82, 2.24) is 5.43 Å². The molecule has 0 fully saturated rings. The van der Waals surface area contributed by atoms with Gasteiger partial charge in [-0.25, -0.2) is 5.43 Å². The number of phenolic OH excluding ortho intramolecular Hbond substituents is 1. The Morgan fingerprint density at radius 2 is 2.17 bits per heavy atom. The van der Waals surface area contributed by atoms with Gasteiger partial charge in [0.25, 0.3) is 0 Å². The van der Waals surface area contributed by atoms with Crippen molar-refractivity contribution in [3.8, 4) is 11.5 Å². The summed E-state index contributed by atoms with van der Waals surface area (Å²) in [6, 6.07) is 4.71. The molecule has 1 atom stereocenters. The van der Waals surface area contributed by atoms with Crippen LogP contribution in [0, 0.1) is 0 Å². The number of phenols is 1. The summed E-state index contributed by atoms with van der Waals surface area (Å²) in [7, 11) is 1.44. The van der Waals surface area contributed by atoms with Gasteiger partial charge in [0.1, 0.15) is 5.54 Å². The van der Waals surface area contributed by atoms with Gasteiger partial charge in [0, 0.05) is 6.42 Å². The summed E-state index contributed by atoms with van der Waals surface area (Å²) in [5.74, 6) is 4.48. The van der Waals surface area contributed by atoms with Crippen LogP contribution in [0.2, 0.25) is 0 Å². The molecule has 0 aliphatic heterocycles. The van der Waals surface area contributed by atoms with Crippen LogP contribution in [0.4, 0.5) is 0 Å². The number of carboxylic acids is 1. The number of carboxylic acid groups (broad SMARTS) is 1. The Morgan fingerprint density at radius 3 is 2.56 bits per heavy atom. The van der Waals surface area contributed by atoms with Crippen molar-refractivity contribution in [1.29, 1.82) is 0 Å². The number of rotatable bonds is 5. The van der Waals surface area contributed by atoms with E-state index in [1.807, 2.05) is 0 Å². The Balaban J connectivity index is 0.00000289. The van der Waals surface area contributed by atoms with E-state index in [1.54, 1.807) is 12.1 Å². The van der Waals surface area contributed by atoms with Gasteiger partial charge in [-0.1, -0.05) is 6.07 Å². The van der Waals surface area contributed by atoms with Gasteiger partial charge >= 0.3 is 5.97 Å². The summed E-state index contributed by atoms with van der Waals surface area (Å²) in [6.07, 6.45) is 0.149. The molecule has 0 amide bonds. The van der Waals surface area contributed by atoms with Gasteiger partial charge in [0.15, 0.2) is 11.5 Å². The number of hydrazine groups is 1. The molecule has 6 nitrogen and oxygen atoms in total. The summed E-state index contributed by atoms with van der Waals surface area (Å²) in [6.45, 7) is 1.47. The lowest BCUT2D eigenvalue weighted by atomic mass is 9.93. The third kappa shape index (κ3) is 3.49. The predicted octanol–water partition coefficient (Wildman–Crippen LogP) is 0.672. The topological polar surface area (TPSA) is 105 Å². The van der Waals surface area contributed by atoms with Crippen molar-refractivity contribution in [2.75, 3.05) is 7.11 Å². The van der Waals surface area contributed by atoms with E-state index in [0.29, 0.717) is 11.3 Å². The number of nitrogens with one attached hydrogen (secondary N) is 1. The SMILES string of the molecule is COc1ccc(CC(C)(NN)C(=O)O)cc1O.Cl. The first-order chi connectivity index (χ1) is 7.92. The number of hydrogen-bond acceptors (Lipinski definition) is 5. The van der Waals surface area contributed by atoms with Crippen molar-refractivity contribution < 1.29 is 19.7 Å². The average Bonchev–Trinajstić information content (AvgIpc) is 2.29. The maximum absolute atomic E-state index is 11.0. The van der Waals surface area contributed by atoms with Crippen molar-refractivity contribution in [3.63, 3.8) is 0 Å². The van der Waals surface area contributed by atoms with Crippen LogP contribution in [0.3, 0.4) is 0 Å². The number of ether oxygens (including phenoxy) is 1. The van der Waals surface area contributed by atoms with Crippen molar-refractivity contribution in [3.05, 3.63) is 23.8 Å². The Morgan fingerprint density at radius 1 is 1.56 bits per heavy atom. The first-order valence-corrected chi connectivity index (χ1v) is 5.00. The second-order valence-electron chi connectivity index (χ2n) is 3.96. The molecule has 0 saturated carbocycles. The molecule has 0 aliphatic carbocycles. The number of aliphatic carboxylic acids is 1. The van der Waals surface area contributed by atoms with E-state index in [-0.39, 0.29) is 24.6 Å². The molecule has 0 spiro atoms. The first-order valence-electron chi connectivity index (χ1n) is 5.00. The Kier molecular flexibility index (Phi) is 5.90. The Bertz CT molecular complexity index is 428. The highest BCUT2D eigenvalue weighted by molar-refractivity contribution is 5.85. The van der Waals surface area contributed by atoms with Crippen molar-refractivity contribution in [2.45, 2.75) is 18.9 Å². The fraction of sp³-hybridized carbons (Fsp3) is 0.364. The van der Waals surface area contributed by atoms with Crippen LogP contribution in [0.25, 0.3) is 0 Å². The zero-order valence-corrected chi connectivity index (χ0v) is 11.0. The molecule has 0 saturated heterocycles. The van der Waals surface area contributed by atoms with Crippen LogP contribution in [0.5, 0.6) is 11.5 Å². The zero-order chi connectivity index (χ0) is 13.1. The van der Waals surface area contributed by atoms with E-state index >= 15 is 0 Å². The van der Waals surface area contributed by atoms with Crippen LogP contribution in [0.1, 0.15) is 12.5 Å². The summed E-state index contributed by atoms with van der Waals surface area (Å²) in [5, 5.41) is 18.6. The van der Waals surface area contributed by atoms with Crippen LogP contribution >= 0.6 is 12.4 Å². The number of benzene rings is 1. The predicted molar refractivity (Wildman–Crippen MR) is 69.0 cm³/mol. The van der Waals surface area contributed by atoms with Gasteiger partial charge < -0.3 is 14.9 Å². The lowest BCUT2D eigenvalue weighted by Crippen LogP contribution is -2.54. The molecule has 102 valence electrons. The summed E-state index contributed by atoms with van der Waals surface area (Å²) in [4.78, 5) is 11.0. The maximum Gasteiger partial charge on any atom is 0.325 e. The molecule has 1 aromatic rings. The number of nitrogens with two attached hydrogens (primary N) is 1. The number of carbonyl (C=O) groups is 1. The van der Waals surface area contributed by atoms with Gasteiger partial charge in [-0.3, -0.25) is 10.6 Å².